The lowest BCUT2D eigenvalue weighted by Crippen LogP contribution is -2.44. The van der Waals surface area contributed by atoms with Gasteiger partial charge in [-0.2, -0.15) is 0 Å². The van der Waals surface area contributed by atoms with Crippen LogP contribution in [0.4, 0.5) is 0 Å². The lowest BCUT2D eigenvalue weighted by atomic mass is 9.95. The number of carbonyl (C=O) groups excluding carboxylic acids is 2. The minimum absolute atomic E-state index is 0.0898. The van der Waals surface area contributed by atoms with Gasteiger partial charge in [-0.25, -0.2) is 4.79 Å². The van der Waals surface area contributed by atoms with Gasteiger partial charge < -0.3 is 15.3 Å². The van der Waals surface area contributed by atoms with Crippen molar-refractivity contribution in [1.29, 1.82) is 0 Å². The number of nitrogens with zero attached hydrogens (tertiary/aromatic N) is 1. The highest BCUT2D eigenvalue weighted by Gasteiger charge is 2.31. The molecule has 6 nitrogen and oxygen atoms in total. The first kappa shape index (κ1) is 15.0. The van der Waals surface area contributed by atoms with Crippen molar-refractivity contribution in [1.82, 2.24) is 10.2 Å². The molecular weight excluding hydrogens is 272 g/mol. The standard InChI is InChI=1S/C15H18N2O4/c1-17-8-7-11(9-12(17)18)14(19)16-13(15(20)21)10-5-3-2-4-6-10/h2-6,11,13H,7-9H2,1H3,(H,16,19)(H,20,21)/t11?,13-/m0/s1. The summed E-state index contributed by atoms with van der Waals surface area (Å²) < 4.78 is 0. The molecule has 0 saturated carbocycles. The van der Waals surface area contributed by atoms with E-state index < -0.39 is 17.9 Å². The van der Waals surface area contributed by atoms with E-state index in [-0.39, 0.29) is 18.2 Å². The van der Waals surface area contributed by atoms with Gasteiger partial charge >= 0.3 is 5.97 Å². The maximum absolute atomic E-state index is 12.2. The summed E-state index contributed by atoms with van der Waals surface area (Å²) >= 11 is 0. The molecule has 2 N–H and O–H groups in total. The summed E-state index contributed by atoms with van der Waals surface area (Å²) in [7, 11) is 1.69. The molecule has 1 saturated heterocycles. The van der Waals surface area contributed by atoms with Gasteiger partial charge in [-0.1, -0.05) is 30.3 Å². The predicted molar refractivity (Wildman–Crippen MR) is 75.3 cm³/mol. The van der Waals surface area contributed by atoms with E-state index >= 15 is 0 Å². The van der Waals surface area contributed by atoms with Crippen molar-refractivity contribution in [3.05, 3.63) is 35.9 Å². The number of nitrogens with one attached hydrogen (secondary N) is 1. The van der Waals surface area contributed by atoms with Crippen LogP contribution in [0.5, 0.6) is 0 Å². The minimum Gasteiger partial charge on any atom is -0.479 e. The first-order valence-electron chi connectivity index (χ1n) is 6.81. The van der Waals surface area contributed by atoms with Crippen LogP contribution in [0.3, 0.4) is 0 Å². The second-order valence-electron chi connectivity index (χ2n) is 5.20. The Labute approximate surface area is 122 Å². The second-order valence-corrected chi connectivity index (χ2v) is 5.20. The number of benzene rings is 1. The summed E-state index contributed by atoms with van der Waals surface area (Å²) in [6.07, 6.45) is 0.679. The molecule has 6 heteroatoms. The van der Waals surface area contributed by atoms with E-state index in [0.717, 1.165) is 0 Å². The van der Waals surface area contributed by atoms with Crippen molar-refractivity contribution in [3.8, 4) is 0 Å². The number of piperidine rings is 1. The van der Waals surface area contributed by atoms with E-state index in [1.807, 2.05) is 0 Å². The first-order chi connectivity index (χ1) is 9.99. The fourth-order valence-corrected chi connectivity index (χ4v) is 2.36. The molecule has 1 aliphatic rings. The first-order valence-corrected chi connectivity index (χ1v) is 6.81. The number of carboxylic acids is 1. The van der Waals surface area contributed by atoms with Gasteiger partial charge in [0.2, 0.25) is 11.8 Å². The summed E-state index contributed by atoms with van der Waals surface area (Å²) in [5.74, 6) is -2.05. The molecule has 2 amide bonds. The van der Waals surface area contributed by atoms with Gasteiger partial charge in [0.25, 0.3) is 0 Å². The number of likely N-dealkylation sites (tertiary alicyclic amines) is 1. The topological polar surface area (TPSA) is 86.7 Å². The van der Waals surface area contributed by atoms with Crippen LogP contribution in [0.1, 0.15) is 24.4 Å². The van der Waals surface area contributed by atoms with E-state index in [4.69, 9.17) is 0 Å². The Morgan fingerprint density at radius 2 is 2.00 bits per heavy atom. The highest BCUT2D eigenvalue weighted by Crippen LogP contribution is 2.20. The van der Waals surface area contributed by atoms with Crippen LogP contribution in [-0.2, 0) is 14.4 Å². The van der Waals surface area contributed by atoms with Crippen molar-refractivity contribution in [2.75, 3.05) is 13.6 Å². The van der Waals surface area contributed by atoms with Gasteiger partial charge in [0.05, 0.1) is 0 Å². The third kappa shape index (κ3) is 3.59. The average molecular weight is 290 g/mol. The fraction of sp³-hybridized carbons (Fsp3) is 0.400. The molecule has 2 rings (SSSR count). The Bertz CT molecular complexity index is 544. The van der Waals surface area contributed by atoms with E-state index in [0.29, 0.717) is 18.5 Å². The van der Waals surface area contributed by atoms with Crippen molar-refractivity contribution >= 4 is 17.8 Å². The summed E-state index contributed by atoms with van der Waals surface area (Å²) in [5, 5.41) is 11.8. The van der Waals surface area contributed by atoms with Crippen molar-refractivity contribution in [3.63, 3.8) is 0 Å². The predicted octanol–water partition coefficient (Wildman–Crippen LogP) is 0.797. The maximum atomic E-state index is 12.2. The van der Waals surface area contributed by atoms with E-state index in [2.05, 4.69) is 5.32 Å². The van der Waals surface area contributed by atoms with Crippen molar-refractivity contribution in [2.24, 2.45) is 5.92 Å². The van der Waals surface area contributed by atoms with Crippen LogP contribution in [0, 0.1) is 5.92 Å². The normalized spacial score (nSPS) is 20.0. The van der Waals surface area contributed by atoms with Gasteiger partial charge in [0.1, 0.15) is 0 Å². The summed E-state index contributed by atoms with van der Waals surface area (Å²) in [5.41, 5.74) is 0.512. The Balaban J connectivity index is 2.06. The van der Waals surface area contributed by atoms with Gasteiger partial charge in [-0.15, -0.1) is 0 Å². The second kappa shape index (κ2) is 6.39. The van der Waals surface area contributed by atoms with Crippen LogP contribution in [0.2, 0.25) is 0 Å². The van der Waals surface area contributed by atoms with Gasteiger partial charge in [-0.05, 0) is 12.0 Å². The smallest absolute Gasteiger partial charge is 0.330 e. The number of amides is 2. The molecular formula is C15H18N2O4. The van der Waals surface area contributed by atoms with Crippen LogP contribution in [0.25, 0.3) is 0 Å². The lowest BCUT2D eigenvalue weighted by Gasteiger charge is -2.28. The fourth-order valence-electron chi connectivity index (χ4n) is 2.36. The van der Waals surface area contributed by atoms with Crippen LogP contribution in [0.15, 0.2) is 30.3 Å². The largest absolute Gasteiger partial charge is 0.479 e. The third-order valence-electron chi connectivity index (χ3n) is 3.70. The molecule has 1 aromatic carbocycles. The number of hydrogen-bond acceptors (Lipinski definition) is 3. The van der Waals surface area contributed by atoms with Gasteiger partial charge in [0.15, 0.2) is 6.04 Å². The zero-order valence-electron chi connectivity index (χ0n) is 11.8. The average Bonchev–Trinajstić information content (AvgIpc) is 2.48. The molecule has 0 radical (unpaired) electrons. The number of rotatable bonds is 4. The Kier molecular flexibility index (Phi) is 4.57. The summed E-state index contributed by atoms with van der Waals surface area (Å²) in [6, 6.07) is 7.43. The molecule has 21 heavy (non-hydrogen) atoms. The zero-order valence-corrected chi connectivity index (χ0v) is 11.8. The molecule has 1 aromatic rings. The van der Waals surface area contributed by atoms with Gasteiger partial charge in [-0.3, -0.25) is 9.59 Å². The summed E-state index contributed by atoms with van der Waals surface area (Å²) in [6.45, 7) is 0.514. The monoisotopic (exact) mass is 290 g/mol. The molecule has 0 bridgehead atoms. The molecule has 1 fully saturated rings. The molecule has 112 valence electrons. The van der Waals surface area contributed by atoms with Crippen LogP contribution in [-0.4, -0.2) is 41.4 Å². The molecule has 1 unspecified atom stereocenters. The zero-order chi connectivity index (χ0) is 15.4. The third-order valence-corrected chi connectivity index (χ3v) is 3.70. The SMILES string of the molecule is CN1CCC(C(=O)N[C@H](C(=O)O)c2ccccc2)CC1=O. The Hall–Kier alpha value is -2.37. The number of hydrogen-bond donors (Lipinski definition) is 2. The van der Waals surface area contributed by atoms with Gasteiger partial charge in [0, 0.05) is 25.9 Å². The summed E-state index contributed by atoms with van der Waals surface area (Å²) in [4.78, 5) is 36.7. The quantitative estimate of drug-likeness (QED) is 0.858. The molecule has 1 aliphatic heterocycles. The number of aliphatic carboxylic acids is 1. The van der Waals surface area contributed by atoms with Crippen LogP contribution < -0.4 is 5.32 Å². The van der Waals surface area contributed by atoms with E-state index in [1.54, 1.807) is 42.3 Å². The Morgan fingerprint density at radius 1 is 1.33 bits per heavy atom. The van der Waals surface area contributed by atoms with E-state index in [9.17, 15) is 19.5 Å². The lowest BCUT2D eigenvalue weighted by molar-refractivity contribution is -0.144. The molecule has 0 aliphatic carbocycles. The van der Waals surface area contributed by atoms with Crippen molar-refractivity contribution < 1.29 is 19.5 Å². The van der Waals surface area contributed by atoms with E-state index in [1.165, 1.54) is 0 Å². The molecule has 2 atom stereocenters. The van der Waals surface area contributed by atoms with Crippen LogP contribution >= 0.6 is 0 Å². The minimum atomic E-state index is -1.12. The highest BCUT2D eigenvalue weighted by molar-refractivity contribution is 5.89. The maximum Gasteiger partial charge on any atom is 0.330 e. The highest BCUT2D eigenvalue weighted by atomic mass is 16.4. The molecule has 0 aromatic heterocycles. The van der Waals surface area contributed by atoms with Crippen molar-refractivity contribution in [2.45, 2.75) is 18.9 Å². The number of carbonyl (C=O) groups is 3. The molecule has 1 heterocycles. The molecule has 0 spiro atoms. The Morgan fingerprint density at radius 3 is 2.57 bits per heavy atom. The number of carboxylic acid groups (broad SMARTS) is 1.